The first kappa shape index (κ1) is 14.1. The maximum Gasteiger partial charge on any atom is 0.134 e. The van der Waals surface area contributed by atoms with E-state index < -0.39 is 0 Å². The summed E-state index contributed by atoms with van der Waals surface area (Å²) in [6.07, 6.45) is 3.63. The van der Waals surface area contributed by atoms with Crippen LogP contribution in [0.2, 0.25) is 0 Å². The highest BCUT2D eigenvalue weighted by atomic mass is 16.3. The van der Waals surface area contributed by atoms with Crippen molar-refractivity contribution in [2.24, 2.45) is 5.92 Å². The van der Waals surface area contributed by atoms with E-state index in [4.69, 9.17) is 0 Å². The zero-order valence-corrected chi connectivity index (χ0v) is 12.0. The lowest BCUT2D eigenvalue weighted by Crippen LogP contribution is -2.16. The van der Waals surface area contributed by atoms with E-state index in [0.29, 0.717) is 5.92 Å². The standard InChI is InChI=1S/C14H24N4O/c1-4-12-17-13(15-3)9(2)14(18-12)16-8-10-5-6-11(19)7-10/h10-11,19H,4-8H2,1-3H3,(H2,15,16,17,18). The second kappa shape index (κ2) is 6.19. The van der Waals surface area contributed by atoms with Crippen LogP contribution in [0.5, 0.6) is 0 Å². The Labute approximate surface area is 114 Å². The quantitative estimate of drug-likeness (QED) is 0.758. The molecule has 5 nitrogen and oxygen atoms in total. The van der Waals surface area contributed by atoms with Crippen molar-refractivity contribution in [1.82, 2.24) is 9.97 Å². The van der Waals surface area contributed by atoms with Gasteiger partial charge < -0.3 is 15.7 Å². The highest BCUT2D eigenvalue weighted by molar-refractivity contribution is 5.57. The first-order chi connectivity index (χ1) is 9.13. The summed E-state index contributed by atoms with van der Waals surface area (Å²) in [4.78, 5) is 9.01. The highest BCUT2D eigenvalue weighted by Crippen LogP contribution is 2.26. The Kier molecular flexibility index (Phi) is 4.58. The highest BCUT2D eigenvalue weighted by Gasteiger charge is 2.22. The summed E-state index contributed by atoms with van der Waals surface area (Å²) in [6.45, 7) is 4.96. The Morgan fingerprint density at radius 3 is 2.58 bits per heavy atom. The first-order valence-corrected chi connectivity index (χ1v) is 7.11. The molecule has 1 aromatic heterocycles. The van der Waals surface area contributed by atoms with Crippen LogP contribution in [0.3, 0.4) is 0 Å². The maximum absolute atomic E-state index is 9.55. The van der Waals surface area contributed by atoms with Crippen LogP contribution in [0.1, 0.15) is 37.6 Å². The Morgan fingerprint density at radius 1 is 1.26 bits per heavy atom. The van der Waals surface area contributed by atoms with Gasteiger partial charge in [-0.3, -0.25) is 0 Å². The third-order valence-corrected chi connectivity index (χ3v) is 3.82. The summed E-state index contributed by atoms with van der Waals surface area (Å²) < 4.78 is 0. The predicted molar refractivity (Wildman–Crippen MR) is 77.5 cm³/mol. The number of anilines is 2. The van der Waals surface area contributed by atoms with Gasteiger partial charge in [-0.05, 0) is 32.1 Å². The van der Waals surface area contributed by atoms with Gasteiger partial charge in [0.15, 0.2) is 0 Å². The minimum Gasteiger partial charge on any atom is -0.393 e. The molecule has 3 N–H and O–H groups in total. The van der Waals surface area contributed by atoms with Crippen molar-refractivity contribution in [3.8, 4) is 0 Å². The predicted octanol–water partition coefficient (Wildman–Crippen LogP) is 1.96. The number of nitrogens with zero attached hydrogens (tertiary/aromatic N) is 2. The van der Waals surface area contributed by atoms with Gasteiger partial charge >= 0.3 is 0 Å². The molecule has 0 aliphatic heterocycles. The molecule has 1 saturated carbocycles. The van der Waals surface area contributed by atoms with E-state index in [1.807, 2.05) is 14.0 Å². The van der Waals surface area contributed by atoms with Crippen LogP contribution in [-0.2, 0) is 6.42 Å². The van der Waals surface area contributed by atoms with Crippen LogP contribution in [-0.4, -0.2) is 34.8 Å². The van der Waals surface area contributed by atoms with Crippen molar-refractivity contribution in [3.05, 3.63) is 11.4 Å². The molecule has 0 spiro atoms. The minimum absolute atomic E-state index is 0.114. The van der Waals surface area contributed by atoms with Gasteiger partial charge in [-0.1, -0.05) is 6.92 Å². The third-order valence-electron chi connectivity index (χ3n) is 3.82. The Balaban J connectivity index is 2.06. The first-order valence-electron chi connectivity index (χ1n) is 7.11. The van der Waals surface area contributed by atoms with Crippen molar-refractivity contribution < 1.29 is 5.11 Å². The molecule has 1 aromatic rings. The van der Waals surface area contributed by atoms with Gasteiger partial charge in [0.05, 0.1) is 6.10 Å². The van der Waals surface area contributed by atoms with E-state index in [9.17, 15) is 5.11 Å². The molecule has 2 unspecified atom stereocenters. The van der Waals surface area contributed by atoms with Gasteiger partial charge in [0, 0.05) is 25.6 Å². The molecular formula is C14H24N4O. The average molecular weight is 264 g/mol. The number of hydrogen-bond donors (Lipinski definition) is 3. The molecule has 5 heteroatoms. The smallest absolute Gasteiger partial charge is 0.134 e. The van der Waals surface area contributed by atoms with E-state index in [1.54, 1.807) is 0 Å². The normalized spacial score (nSPS) is 22.5. The molecule has 2 atom stereocenters. The Morgan fingerprint density at radius 2 is 2.00 bits per heavy atom. The van der Waals surface area contributed by atoms with Crippen molar-refractivity contribution in [3.63, 3.8) is 0 Å². The van der Waals surface area contributed by atoms with Crippen molar-refractivity contribution >= 4 is 11.6 Å². The van der Waals surface area contributed by atoms with Crippen LogP contribution < -0.4 is 10.6 Å². The van der Waals surface area contributed by atoms with E-state index in [-0.39, 0.29) is 6.10 Å². The van der Waals surface area contributed by atoms with E-state index in [2.05, 4.69) is 27.5 Å². The average Bonchev–Trinajstić information content (AvgIpc) is 2.83. The molecule has 1 aliphatic rings. The zero-order chi connectivity index (χ0) is 13.8. The summed E-state index contributed by atoms with van der Waals surface area (Å²) in [6, 6.07) is 0. The SMILES string of the molecule is CCc1nc(NC)c(C)c(NCC2CCC(O)C2)n1. The lowest BCUT2D eigenvalue weighted by atomic mass is 10.1. The number of hydrogen-bond acceptors (Lipinski definition) is 5. The molecule has 0 aromatic carbocycles. The number of aromatic nitrogens is 2. The molecule has 19 heavy (non-hydrogen) atoms. The van der Waals surface area contributed by atoms with E-state index in [1.165, 1.54) is 0 Å². The van der Waals surface area contributed by atoms with Crippen molar-refractivity contribution in [2.75, 3.05) is 24.2 Å². The molecule has 1 fully saturated rings. The van der Waals surface area contributed by atoms with Crippen molar-refractivity contribution in [1.29, 1.82) is 0 Å². The van der Waals surface area contributed by atoms with Gasteiger partial charge in [0.2, 0.25) is 0 Å². The zero-order valence-electron chi connectivity index (χ0n) is 12.0. The van der Waals surface area contributed by atoms with Crippen LogP contribution in [0.25, 0.3) is 0 Å². The lowest BCUT2D eigenvalue weighted by Gasteiger charge is -2.16. The number of aryl methyl sites for hydroxylation is 1. The third kappa shape index (κ3) is 3.35. The number of aliphatic hydroxyl groups excluding tert-OH is 1. The summed E-state index contributed by atoms with van der Waals surface area (Å²) in [5.74, 6) is 3.20. The summed E-state index contributed by atoms with van der Waals surface area (Å²) >= 11 is 0. The molecular weight excluding hydrogens is 240 g/mol. The number of aliphatic hydroxyl groups is 1. The largest absolute Gasteiger partial charge is 0.393 e. The second-order valence-corrected chi connectivity index (χ2v) is 5.28. The van der Waals surface area contributed by atoms with Gasteiger partial charge in [0.1, 0.15) is 17.5 Å². The summed E-state index contributed by atoms with van der Waals surface area (Å²) in [5.41, 5.74) is 1.05. The molecule has 0 radical (unpaired) electrons. The second-order valence-electron chi connectivity index (χ2n) is 5.28. The van der Waals surface area contributed by atoms with Crippen LogP contribution in [0.15, 0.2) is 0 Å². The van der Waals surface area contributed by atoms with Gasteiger partial charge in [0.25, 0.3) is 0 Å². The molecule has 1 aliphatic carbocycles. The van der Waals surface area contributed by atoms with Gasteiger partial charge in [-0.25, -0.2) is 9.97 Å². The Bertz CT molecular complexity index is 436. The molecule has 1 heterocycles. The Hall–Kier alpha value is -1.36. The minimum atomic E-state index is -0.114. The maximum atomic E-state index is 9.55. The monoisotopic (exact) mass is 264 g/mol. The molecule has 0 amide bonds. The van der Waals surface area contributed by atoms with Crippen LogP contribution >= 0.6 is 0 Å². The topological polar surface area (TPSA) is 70.1 Å². The molecule has 0 bridgehead atoms. The fraction of sp³-hybridized carbons (Fsp3) is 0.714. The van der Waals surface area contributed by atoms with Crippen molar-refractivity contribution in [2.45, 2.75) is 45.6 Å². The number of rotatable bonds is 5. The molecule has 106 valence electrons. The summed E-state index contributed by atoms with van der Waals surface area (Å²) in [5, 5.41) is 16.1. The molecule has 2 rings (SSSR count). The van der Waals surface area contributed by atoms with Gasteiger partial charge in [-0.15, -0.1) is 0 Å². The van der Waals surface area contributed by atoms with Crippen LogP contribution in [0, 0.1) is 12.8 Å². The fourth-order valence-electron chi connectivity index (χ4n) is 2.61. The fourth-order valence-corrected chi connectivity index (χ4v) is 2.61. The van der Waals surface area contributed by atoms with Gasteiger partial charge in [-0.2, -0.15) is 0 Å². The molecule has 0 saturated heterocycles. The number of nitrogens with one attached hydrogen (secondary N) is 2. The van der Waals surface area contributed by atoms with E-state index in [0.717, 1.165) is 55.3 Å². The van der Waals surface area contributed by atoms with Crippen LogP contribution in [0.4, 0.5) is 11.6 Å². The summed E-state index contributed by atoms with van der Waals surface area (Å²) in [7, 11) is 1.88. The lowest BCUT2D eigenvalue weighted by molar-refractivity contribution is 0.178. The van der Waals surface area contributed by atoms with E-state index >= 15 is 0 Å².